The molecule has 0 saturated carbocycles. The van der Waals surface area contributed by atoms with E-state index in [-0.39, 0.29) is 5.75 Å². The normalized spacial score (nSPS) is 21.2. The van der Waals surface area contributed by atoms with Crippen molar-refractivity contribution >= 4 is 27.6 Å². The highest BCUT2D eigenvalue weighted by Gasteiger charge is 2.48. The van der Waals surface area contributed by atoms with Crippen molar-refractivity contribution in [2.45, 2.75) is 24.5 Å². The number of carboxylic acids is 1. The Kier molecular flexibility index (Phi) is 7.49. The number of alkyl halides is 3. The van der Waals surface area contributed by atoms with E-state index in [1.165, 1.54) is 5.56 Å². The number of sulfonamides is 1. The first kappa shape index (κ1) is 24.5. The molecule has 0 radical (unpaired) electrons. The maximum atomic E-state index is 12.7. The SMILES string of the molecule is O=C(O)C(F)(F)F.O=S(=O)(Cc1ccccc1)N1CC2CN(Cc3ccc(Cl)cc3)C2C1. The Balaban J connectivity index is 0.000000360. The molecule has 0 aromatic heterocycles. The molecule has 2 aromatic carbocycles. The quantitative estimate of drug-likeness (QED) is 0.692. The number of carbonyl (C=O) groups is 1. The van der Waals surface area contributed by atoms with Crippen LogP contribution in [0.3, 0.4) is 0 Å². The molecule has 32 heavy (non-hydrogen) atoms. The summed E-state index contributed by atoms with van der Waals surface area (Å²) in [6.07, 6.45) is -5.08. The molecule has 0 aliphatic carbocycles. The lowest BCUT2D eigenvalue weighted by atomic mass is 9.91. The predicted octanol–water partition coefficient (Wildman–Crippen LogP) is 3.62. The zero-order valence-corrected chi connectivity index (χ0v) is 18.4. The Labute approximate surface area is 189 Å². The molecule has 2 aliphatic heterocycles. The highest BCUT2D eigenvalue weighted by atomic mass is 35.5. The number of carboxylic acid groups (broad SMARTS) is 1. The second kappa shape index (κ2) is 9.78. The number of fused-ring (bicyclic) bond motifs is 1. The van der Waals surface area contributed by atoms with Gasteiger partial charge in [-0.15, -0.1) is 0 Å². The summed E-state index contributed by atoms with van der Waals surface area (Å²) in [5.41, 5.74) is 2.06. The van der Waals surface area contributed by atoms with Gasteiger partial charge in [0.2, 0.25) is 10.0 Å². The van der Waals surface area contributed by atoms with Gasteiger partial charge in [0.15, 0.2) is 0 Å². The molecular formula is C21H22ClF3N2O4S. The first-order valence-corrected chi connectivity index (χ1v) is 11.7. The van der Waals surface area contributed by atoms with Crippen molar-refractivity contribution < 1.29 is 31.5 Å². The van der Waals surface area contributed by atoms with E-state index in [4.69, 9.17) is 21.5 Å². The summed E-state index contributed by atoms with van der Waals surface area (Å²) in [4.78, 5) is 11.3. The molecule has 2 fully saturated rings. The monoisotopic (exact) mass is 490 g/mol. The fraction of sp³-hybridized carbons (Fsp3) is 0.381. The maximum absolute atomic E-state index is 12.7. The lowest BCUT2D eigenvalue weighted by Gasteiger charge is -2.43. The van der Waals surface area contributed by atoms with Crippen LogP contribution in [0.25, 0.3) is 0 Å². The molecule has 0 bridgehead atoms. The molecule has 0 amide bonds. The third-order valence-corrected chi connectivity index (χ3v) is 7.47. The summed E-state index contributed by atoms with van der Waals surface area (Å²) in [6.45, 7) is 3.07. The number of hydrogen-bond acceptors (Lipinski definition) is 4. The highest BCUT2D eigenvalue weighted by Crippen LogP contribution is 2.35. The topological polar surface area (TPSA) is 77.9 Å². The van der Waals surface area contributed by atoms with Crippen LogP contribution in [0.2, 0.25) is 5.02 Å². The fourth-order valence-corrected chi connectivity index (χ4v) is 5.54. The Morgan fingerprint density at radius 3 is 2.16 bits per heavy atom. The van der Waals surface area contributed by atoms with Gasteiger partial charge in [0.1, 0.15) is 0 Å². The Morgan fingerprint density at radius 2 is 1.59 bits per heavy atom. The van der Waals surface area contributed by atoms with Gasteiger partial charge in [-0.1, -0.05) is 54.1 Å². The molecule has 2 unspecified atom stereocenters. The number of aliphatic carboxylic acids is 1. The minimum Gasteiger partial charge on any atom is -0.475 e. The van der Waals surface area contributed by atoms with Gasteiger partial charge < -0.3 is 5.11 Å². The van der Waals surface area contributed by atoms with Gasteiger partial charge in [0.05, 0.1) is 5.75 Å². The Bertz CT molecular complexity index is 1030. The average molecular weight is 491 g/mol. The van der Waals surface area contributed by atoms with Crippen molar-refractivity contribution in [3.63, 3.8) is 0 Å². The molecule has 2 aliphatic rings. The van der Waals surface area contributed by atoms with Crippen LogP contribution in [0.5, 0.6) is 0 Å². The number of nitrogens with zero attached hydrogens (tertiary/aromatic N) is 2. The van der Waals surface area contributed by atoms with Crippen molar-refractivity contribution in [2.75, 3.05) is 19.6 Å². The van der Waals surface area contributed by atoms with E-state index < -0.39 is 22.2 Å². The van der Waals surface area contributed by atoms with Gasteiger partial charge in [-0.25, -0.2) is 13.2 Å². The van der Waals surface area contributed by atoms with Crippen LogP contribution in [-0.2, 0) is 27.1 Å². The van der Waals surface area contributed by atoms with Crippen molar-refractivity contribution in [1.82, 2.24) is 9.21 Å². The minimum absolute atomic E-state index is 0.0878. The van der Waals surface area contributed by atoms with E-state index in [2.05, 4.69) is 4.90 Å². The van der Waals surface area contributed by atoms with Gasteiger partial charge in [-0.2, -0.15) is 17.5 Å². The molecular weight excluding hydrogens is 469 g/mol. The third kappa shape index (κ3) is 6.22. The van der Waals surface area contributed by atoms with E-state index in [1.54, 1.807) is 4.31 Å². The molecule has 11 heteroatoms. The third-order valence-electron chi connectivity index (χ3n) is 5.44. The number of benzene rings is 2. The van der Waals surface area contributed by atoms with Crippen molar-refractivity contribution in [1.29, 1.82) is 0 Å². The first-order valence-electron chi connectivity index (χ1n) is 9.76. The fourth-order valence-electron chi connectivity index (χ4n) is 3.82. The van der Waals surface area contributed by atoms with Crippen LogP contribution in [0.4, 0.5) is 13.2 Å². The van der Waals surface area contributed by atoms with E-state index in [0.717, 1.165) is 23.7 Å². The molecule has 2 atom stereocenters. The largest absolute Gasteiger partial charge is 0.490 e. The molecule has 6 nitrogen and oxygen atoms in total. The maximum Gasteiger partial charge on any atom is 0.490 e. The van der Waals surface area contributed by atoms with E-state index in [1.807, 2.05) is 54.6 Å². The van der Waals surface area contributed by atoms with Crippen LogP contribution in [0.1, 0.15) is 11.1 Å². The van der Waals surface area contributed by atoms with Crippen LogP contribution in [0, 0.1) is 5.92 Å². The Hall–Kier alpha value is -2.14. The van der Waals surface area contributed by atoms with Crippen LogP contribution >= 0.6 is 11.6 Å². The van der Waals surface area contributed by atoms with Crippen molar-refractivity contribution in [2.24, 2.45) is 5.92 Å². The van der Waals surface area contributed by atoms with Gasteiger partial charge >= 0.3 is 12.1 Å². The average Bonchev–Trinajstić information content (AvgIpc) is 3.05. The summed E-state index contributed by atoms with van der Waals surface area (Å²) in [6, 6.07) is 17.6. The molecule has 2 saturated heterocycles. The van der Waals surface area contributed by atoms with Crippen molar-refractivity contribution in [3.05, 3.63) is 70.7 Å². The number of halogens is 4. The summed E-state index contributed by atoms with van der Waals surface area (Å²) >= 11 is 5.93. The second-order valence-electron chi connectivity index (χ2n) is 7.75. The lowest BCUT2D eigenvalue weighted by Crippen LogP contribution is -2.54. The van der Waals surface area contributed by atoms with Gasteiger partial charge in [-0.05, 0) is 23.3 Å². The smallest absolute Gasteiger partial charge is 0.475 e. The molecule has 2 aromatic rings. The molecule has 4 rings (SSSR count). The summed E-state index contributed by atoms with van der Waals surface area (Å²) in [7, 11) is -3.25. The summed E-state index contributed by atoms with van der Waals surface area (Å²) in [5.74, 6) is -2.21. The van der Waals surface area contributed by atoms with E-state index in [9.17, 15) is 21.6 Å². The molecule has 2 heterocycles. The van der Waals surface area contributed by atoms with E-state index in [0.29, 0.717) is 25.0 Å². The molecule has 1 N–H and O–H groups in total. The zero-order chi connectivity index (χ0) is 23.5. The number of likely N-dealkylation sites (tertiary alicyclic amines) is 1. The number of rotatable bonds is 5. The number of hydrogen-bond donors (Lipinski definition) is 1. The van der Waals surface area contributed by atoms with Gasteiger partial charge in [0, 0.05) is 43.2 Å². The standard InChI is InChI=1S/C19H21ClN2O2S.C2HF3O2/c20-18-8-6-15(7-9-18)10-21-11-17-12-22(13-19(17)21)25(23,24)14-16-4-2-1-3-5-16;3-2(4,5)1(6)7/h1-9,17,19H,10-14H2;(H,6,7). The highest BCUT2D eigenvalue weighted by molar-refractivity contribution is 7.88. The Morgan fingerprint density at radius 1 is 1.00 bits per heavy atom. The molecule has 174 valence electrons. The van der Waals surface area contributed by atoms with Crippen LogP contribution < -0.4 is 0 Å². The first-order chi connectivity index (χ1) is 15.0. The van der Waals surface area contributed by atoms with Gasteiger partial charge in [0.25, 0.3) is 0 Å². The summed E-state index contributed by atoms with van der Waals surface area (Å²) < 4.78 is 58.8. The minimum atomic E-state index is -5.08. The predicted molar refractivity (Wildman–Crippen MR) is 113 cm³/mol. The van der Waals surface area contributed by atoms with Crippen LogP contribution in [-0.4, -0.2) is 60.6 Å². The lowest BCUT2D eigenvalue weighted by molar-refractivity contribution is -0.192. The molecule has 0 spiro atoms. The summed E-state index contributed by atoms with van der Waals surface area (Å²) in [5, 5.41) is 7.87. The van der Waals surface area contributed by atoms with Crippen LogP contribution in [0.15, 0.2) is 54.6 Å². The second-order valence-corrected chi connectivity index (χ2v) is 10.2. The van der Waals surface area contributed by atoms with E-state index >= 15 is 0 Å². The zero-order valence-electron chi connectivity index (χ0n) is 16.9. The van der Waals surface area contributed by atoms with Gasteiger partial charge in [-0.3, -0.25) is 4.90 Å². The van der Waals surface area contributed by atoms with Crippen molar-refractivity contribution in [3.8, 4) is 0 Å².